The largest absolute Gasteiger partial charge is 0.392 e. The van der Waals surface area contributed by atoms with Gasteiger partial charge in [-0.25, -0.2) is 0 Å². The van der Waals surface area contributed by atoms with E-state index in [2.05, 4.69) is 12.2 Å². The zero-order chi connectivity index (χ0) is 14.5. The van der Waals surface area contributed by atoms with Crippen LogP contribution in [0.2, 0.25) is 0 Å². The first-order chi connectivity index (χ1) is 8.97. The first-order valence-corrected chi connectivity index (χ1v) is 7.99. The van der Waals surface area contributed by atoms with Crippen LogP contribution in [-0.2, 0) is 4.79 Å². The topological polar surface area (TPSA) is 55.1 Å². The predicted molar refractivity (Wildman–Crippen MR) is 84.0 cm³/mol. The molecule has 3 N–H and O–H groups in total. The van der Waals surface area contributed by atoms with E-state index in [1.54, 1.807) is 0 Å². The summed E-state index contributed by atoms with van der Waals surface area (Å²) >= 11 is 5.14. The highest BCUT2D eigenvalue weighted by molar-refractivity contribution is 7.80. The zero-order valence-corrected chi connectivity index (χ0v) is 13.3. The van der Waals surface area contributed by atoms with Crippen LogP contribution in [0.25, 0.3) is 0 Å². The maximum atomic E-state index is 12.6. The number of nitrogens with one attached hydrogen (secondary N) is 1. The summed E-state index contributed by atoms with van der Waals surface area (Å²) in [4.78, 5) is 12.9. The quantitative estimate of drug-likeness (QED) is 0.602. The molecule has 0 bridgehead atoms. The van der Waals surface area contributed by atoms with Gasteiger partial charge in [-0.15, -0.1) is 0 Å². The number of amides is 1. The third kappa shape index (κ3) is 3.68. The molecule has 0 aromatic heterocycles. The minimum absolute atomic E-state index is 0.0312. The van der Waals surface area contributed by atoms with Crippen molar-refractivity contribution in [1.82, 2.24) is 5.32 Å². The van der Waals surface area contributed by atoms with Crippen molar-refractivity contribution in [2.24, 2.45) is 17.1 Å². The van der Waals surface area contributed by atoms with Crippen molar-refractivity contribution in [2.75, 3.05) is 0 Å². The highest BCUT2D eigenvalue weighted by atomic mass is 32.1. The molecule has 0 heterocycles. The average molecular weight is 284 g/mol. The van der Waals surface area contributed by atoms with Crippen LogP contribution in [0.1, 0.15) is 65.7 Å². The van der Waals surface area contributed by atoms with Gasteiger partial charge in [0.1, 0.15) is 0 Å². The normalized spacial score (nSPS) is 24.6. The second-order valence-electron chi connectivity index (χ2n) is 5.85. The van der Waals surface area contributed by atoms with Crippen molar-refractivity contribution in [3.05, 3.63) is 0 Å². The Balaban J connectivity index is 2.78. The Labute approximate surface area is 122 Å². The van der Waals surface area contributed by atoms with Gasteiger partial charge in [0.15, 0.2) is 0 Å². The third-order valence-corrected chi connectivity index (χ3v) is 5.18. The highest BCUT2D eigenvalue weighted by Gasteiger charge is 2.39. The van der Waals surface area contributed by atoms with Gasteiger partial charge in [-0.2, -0.15) is 0 Å². The Kier molecular flexibility index (Phi) is 6.24. The Bertz CT molecular complexity index is 326. The van der Waals surface area contributed by atoms with Crippen molar-refractivity contribution < 1.29 is 4.79 Å². The number of rotatable bonds is 5. The van der Waals surface area contributed by atoms with Gasteiger partial charge in [-0.05, 0) is 31.6 Å². The van der Waals surface area contributed by atoms with Gasteiger partial charge in [0.2, 0.25) is 5.91 Å². The van der Waals surface area contributed by atoms with Crippen molar-refractivity contribution in [3.8, 4) is 0 Å². The third-order valence-electron chi connectivity index (χ3n) is 4.79. The fraction of sp³-hybridized carbons (Fsp3) is 0.867. The van der Waals surface area contributed by atoms with E-state index in [0.29, 0.717) is 23.7 Å². The predicted octanol–water partition coefficient (Wildman–Crippen LogP) is 3.16. The molecule has 1 rings (SSSR count). The number of thiocarbonyl (C=S) groups is 1. The minimum Gasteiger partial charge on any atom is -0.392 e. The fourth-order valence-corrected chi connectivity index (χ4v) is 3.43. The first-order valence-electron chi connectivity index (χ1n) is 7.58. The lowest BCUT2D eigenvalue weighted by molar-refractivity contribution is -0.129. The number of carbonyl (C=O) groups is 1. The maximum absolute atomic E-state index is 12.6. The molecule has 0 spiro atoms. The molecule has 0 aromatic rings. The van der Waals surface area contributed by atoms with Crippen LogP contribution in [0.5, 0.6) is 0 Å². The summed E-state index contributed by atoms with van der Waals surface area (Å²) < 4.78 is 0. The van der Waals surface area contributed by atoms with Gasteiger partial charge in [0.25, 0.3) is 0 Å². The van der Waals surface area contributed by atoms with Crippen molar-refractivity contribution in [1.29, 1.82) is 0 Å². The van der Waals surface area contributed by atoms with Gasteiger partial charge in [0.05, 0.1) is 10.4 Å². The highest BCUT2D eigenvalue weighted by Crippen LogP contribution is 2.29. The summed E-state index contributed by atoms with van der Waals surface area (Å²) in [5.74, 6) is 0.577. The molecule has 1 fully saturated rings. The van der Waals surface area contributed by atoms with Crippen LogP contribution in [0.15, 0.2) is 0 Å². The van der Waals surface area contributed by atoms with Crippen molar-refractivity contribution in [2.45, 2.75) is 71.8 Å². The number of nitrogens with two attached hydrogens (primary N) is 1. The molecule has 0 aliphatic heterocycles. The number of carbonyl (C=O) groups excluding carboxylic acids is 1. The first kappa shape index (κ1) is 16.4. The van der Waals surface area contributed by atoms with Crippen molar-refractivity contribution >= 4 is 23.1 Å². The molecular formula is C15H28N2OS. The van der Waals surface area contributed by atoms with Crippen LogP contribution >= 0.6 is 12.2 Å². The molecule has 110 valence electrons. The Morgan fingerprint density at radius 1 is 1.26 bits per heavy atom. The molecule has 2 unspecified atom stereocenters. The molecule has 4 heteroatoms. The van der Waals surface area contributed by atoms with E-state index in [4.69, 9.17) is 18.0 Å². The summed E-state index contributed by atoms with van der Waals surface area (Å²) in [7, 11) is 0. The van der Waals surface area contributed by atoms with Gasteiger partial charge in [-0.3, -0.25) is 4.79 Å². The summed E-state index contributed by atoms with van der Waals surface area (Å²) in [6.07, 6.45) is 7.37. The van der Waals surface area contributed by atoms with Crippen LogP contribution in [0, 0.1) is 11.3 Å². The Hall–Kier alpha value is -0.640. The summed E-state index contributed by atoms with van der Waals surface area (Å²) in [6.45, 7) is 6.20. The molecule has 1 saturated carbocycles. The average Bonchev–Trinajstić information content (AvgIpc) is 2.57. The standard InChI is InChI=1S/C15H28N2OS/c1-4-15(5-2,13(16)19)14(18)17-12-10-8-6-7-9-11(12)3/h11-12H,4-10H2,1-3H3,(H2,16,19)(H,17,18). The van der Waals surface area contributed by atoms with E-state index in [0.717, 1.165) is 6.42 Å². The smallest absolute Gasteiger partial charge is 0.233 e. The van der Waals surface area contributed by atoms with Crippen LogP contribution in [-0.4, -0.2) is 16.9 Å². The molecule has 1 aliphatic carbocycles. The van der Waals surface area contributed by atoms with E-state index in [-0.39, 0.29) is 11.9 Å². The molecule has 19 heavy (non-hydrogen) atoms. The fourth-order valence-electron chi connectivity index (χ4n) is 3.05. The van der Waals surface area contributed by atoms with Gasteiger partial charge in [0, 0.05) is 6.04 Å². The van der Waals surface area contributed by atoms with Crippen molar-refractivity contribution in [3.63, 3.8) is 0 Å². The summed E-state index contributed by atoms with van der Waals surface area (Å²) in [5.41, 5.74) is 5.17. The molecule has 3 nitrogen and oxygen atoms in total. The molecular weight excluding hydrogens is 256 g/mol. The maximum Gasteiger partial charge on any atom is 0.233 e. The SMILES string of the molecule is CCC(CC)(C(=O)NC1CCCCCC1C)C(N)=S. The zero-order valence-electron chi connectivity index (χ0n) is 12.5. The molecule has 1 amide bonds. The monoisotopic (exact) mass is 284 g/mol. The lowest BCUT2D eigenvalue weighted by Crippen LogP contribution is -2.52. The van der Waals surface area contributed by atoms with E-state index in [9.17, 15) is 4.79 Å². The van der Waals surface area contributed by atoms with Gasteiger partial charge < -0.3 is 11.1 Å². The molecule has 0 saturated heterocycles. The minimum atomic E-state index is -0.665. The lowest BCUT2D eigenvalue weighted by Gasteiger charge is -2.32. The Morgan fingerprint density at radius 2 is 1.84 bits per heavy atom. The van der Waals surface area contributed by atoms with E-state index in [1.165, 1.54) is 25.7 Å². The van der Waals surface area contributed by atoms with Crippen LogP contribution < -0.4 is 11.1 Å². The number of hydrogen-bond donors (Lipinski definition) is 2. The van der Waals surface area contributed by atoms with Gasteiger partial charge in [-0.1, -0.05) is 52.3 Å². The Morgan fingerprint density at radius 3 is 2.37 bits per heavy atom. The molecule has 2 atom stereocenters. The summed E-state index contributed by atoms with van der Waals surface area (Å²) in [5, 5.41) is 3.23. The second-order valence-corrected chi connectivity index (χ2v) is 6.29. The van der Waals surface area contributed by atoms with E-state index >= 15 is 0 Å². The summed E-state index contributed by atoms with van der Waals surface area (Å²) in [6, 6.07) is 0.279. The molecule has 1 aliphatic rings. The number of hydrogen-bond acceptors (Lipinski definition) is 2. The van der Waals surface area contributed by atoms with Gasteiger partial charge >= 0.3 is 0 Å². The van der Waals surface area contributed by atoms with Crippen LogP contribution in [0.3, 0.4) is 0 Å². The molecule has 0 aromatic carbocycles. The van der Waals surface area contributed by atoms with Crippen LogP contribution in [0.4, 0.5) is 0 Å². The molecule has 0 radical (unpaired) electrons. The van der Waals surface area contributed by atoms with E-state index < -0.39 is 5.41 Å². The van der Waals surface area contributed by atoms with E-state index in [1.807, 2.05) is 13.8 Å². The lowest BCUT2D eigenvalue weighted by atomic mass is 9.80. The second kappa shape index (κ2) is 7.22.